The van der Waals surface area contributed by atoms with Crippen molar-refractivity contribution in [2.24, 2.45) is 0 Å². The van der Waals surface area contributed by atoms with Crippen molar-refractivity contribution >= 4 is 17.5 Å². The van der Waals surface area contributed by atoms with Gasteiger partial charge in [0, 0.05) is 11.4 Å². The van der Waals surface area contributed by atoms with E-state index in [2.05, 4.69) is 0 Å². The molecule has 15 heavy (non-hydrogen) atoms. The summed E-state index contributed by atoms with van der Waals surface area (Å²) < 4.78 is 0. The standard InChI is InChI=1S/C9H8ClNO4/c10-7-3-1-6(2-4-7)9(13,14)5-8(12)11-15/h1-4,15H,5H2,(H,11,12)/q-2. The minimum Gasteiger partial charge on any atom is -0.859 e. The SMILES string of the molecule is O=C(CC([O-])([O-])c1ccc(Cl)cc1)NO. The number of nitrogens with one attached hydrogen (secondary N) is 1. The van der Waals surface area contributed by atoms with Crippen LogP contribution in [-0.2, 0) is 10.6 Å². The molecular formula is C9H8ClNO4-2. The molecule has 0 atom stereocenters. The molecule has 1 aromatic rings. The zero-order valence-electron chi connectivity index (χ0n) is 7.57. The second-order valence-corrected chi connectivity index (χ2v) is 3.41. The Kier molecular flexibility index (Phi) is 3.65. The summed E-state index contributed by atoms with van der Waals surface area (Å²) in [4.78, 5) is 10.7. The molecule has 0 saturated heterocycles. The van der Waals surface area contributed by atoms with Crippen molar-refractivity contribution < 1.29 is 20.2 Å². The summed E-state index contributed by atoms with van der Waals surface area (Å²) in [6, 6.07) is 5.29. The molecule has 2 N–H and O–H groups in total. The number of hydrogen-bond donors (Lipinski definition) is 2. The van der Waals surface area contributed by atoms with E-state index in [0.29, 0.717) is 5.02 Å². The molecule has 1 aromatic carbocycles. The summed E-state index contributed by atoms with van der Waals surface area (Å²) in [5.74, 6) is -3.84. The van der Waals surface area contributed by atoms with E-state index < -0.39 is 18.1 Å². The number of rotatable bonds is 3. The lowest BCUT2D eigenvalue weighted by molar-refractivity contribution is -0.733. The average Bonchev–Trinajstić information content (AvgIpc) is 2.17. The molecule has 82 valence electrons. The van der Waals surface area contributed by atoms with Gasteiger partial charge in [0.25, 0.3) is 0 Å². The van der Waals surface area contributed by atoms with Crippen LogP contribution in [0.25, 0.3) is 0 Å². The number of hydroxylamine groups is 1. The number of benzene rings is 1. The first-order valence-electron chi connectivity index (χ1n) is 4.05. The molecule has 0 aliphatic rings. The Morgan fingerprint density at radius 2 is 1.93 bits per heavy atom. The van der Waals surface area contributed by atoms with Gasteiger partial charge in [0.2, 0.25) is 5.91 Å². The van der Waals surface area contributed by atoms with Crippen LogP contribution in [-0.4, -0.2) is 11.1 Å². The Labute approximate surface area is 90.9 Å². The fraction of sp³-hybridized carbons (Fsp3) is 0.222. The zero-order chi connectivity index (χ0) is 11.5. The first kappa shape index (κ1) is 11.9. The molecule has 0 spiro atoms. The predicted molar refractivity (Wildman–Crippen MR) is 47.7 cm³/mol. The van der Waals surface area contributed by atoms with E-state index in [0.717, 1.165) is 0 Å². The van der Waals surface area contributed by atoms with Crippen molar-refractivity contribution in [3.05, 3.63) is 34.9 Å². The van der Waals surface area contributed by atoms with Gasteiger partial charge in [-0.1, -0.05) is 29.3 Å². The van der Waals surface area contributed by atoms with E-state index in [4.69, 9.17) is 16.8 Å². The van der Waals surface area contributed by atoms with Crippen LogP contribution in [0.1, 0.15) is 12.0 Å². The number of hydrogen-bond acceptors (Lipinski definition) is 4. The van der Waals surface area contributed by atoms with Crippen LogP contribution < -0.4 is 15.7 Å². The Morgan fingerprint density at radius 3 is 2.40 bits per heavy atom. The monoisotopic (exact) mass is 229 g/mol. The Bertz CT molecular complexity index is 350. The zero-order valence-corrected chi connectivity index (χ0v) is 8.32. The predicted octanol–water partition coefficient (Wildman–Crippen LogP) is -0.891. The molecule has 0 heterocycles. The van der Waals surface area contributed by atoms with E-state index in [-0.39, 0.29) is 5.56 Å². The molecule has 1 amide bonds. The average molecular weight is 230 g/mol. The van der Waals surface area contributed by atoms with Crippen molar-refractivity contribution in [3.63, 3.8) is 0 Å². The van der Waals surface area contributed by atoms with Crippen molar-refractivity contribution in [1.82, 2.24) is 5.48 Å². The second-order valence-electron chi connectivity index (χ2n) is 2.97. The van der Waals surface area contributed by atoms with Crippen molar-refractivity contribution in [2.75, 3.05) is 0 Å². The van der Waals surface area contributed by atoms with Crippen molar-refractivity contribution in [1.29, 1.82) is 0 Å². The molecule has 0 saturated carbocycles. The van der Waals surface area contributed by atoms with Crippen LogP contribution >= 0.6 is 11.6 Å². The van der Waals surface area contributed by atoms with Gasteiger partial charge in [-0.25, -0.2) is 5.48 Å². The van der Waals surface area contributed by atoms with Gasteiger partial charge < -0.3 is 10.2 Å². The molecule has 1 rings (SSSR count). The fourth-order valence-corrected chi connectivity index (χ4v) is 1.18. The number of halogens is 1. The third-order valence-corrected chi connectivity index (χ3v) is 2.05. The third kappa shape index (κ3) is 3.17. The highest BCUT2D eigenvalue weighted by molar-refractivity contribution is 6.30. The quantitative estimate of drug-likeness (QED) is 0.399. The Morgan fingerprint density at radius 1 is 1.40 bits per heavy atom. The Hall–Kier alpha value is -1.14. The third-order valence-electron chi connectivity index (χ3n) is 1.80. The maximum Gasteiger partial charge on any atom is 0.241 e. The lowest BCUT2D eigenvalue weighted by atomic mass is 10.0. The van der Waals surface area contributed by atoms with Gasteiger partial charge in [-0.15, -0.1) is 0 Å². The number of carbonyl (C=O) groups is 1. The van der Waals surface area contributed by atoms with Crippen LogP contribution in [0.4, 0.5) is 0 Å². The molecule has 6 heteroatoms. The number of carbonyl (C=O) groups excluding carboxylic acids is 1. The van der Waals surface area contributed by atoms with E-state index in [1.165, 1.54) is 29.7 Å². The van der Waals surface area contributed by atoms with Gasteiger partial charge in [-0.3, -0.25) is 10.0 Å². The van der Waals surface area contributed by atoms with Crippen LogP contribution in [0.3, 0.4) is 0 Å². The largest absolute Gasteiger partial charge is 0.859 e. The molecule has 5 nitrogen and oxygen atoms in total. The maximum absolute atomic E-state index is 11.4. The smallest absolute Gasteiger partial charge is 0.241 e. The highest BCUT2D eigenvalue weighted by Gasteiger charge is 2.10. The second kappa shape index (κ2) is 4.59. The van der Waals surface area contributed by atoms with E-state index in [1.54, 1.807) is 0 Å². The van der Waals surface area contributed by atoms with Crippen LogP contribution in [0, 0.1) is 0 Å². The fourth-order valence-electron chi connectivity index (χ4n) is 1.06. The van der Waals surface area contributed by atoms with Gasteiger partial charge in [0.1, 0.15) is 0 Å². The molecule has 0 aliphatic heterocycles. The van der Waals surface area contributed by atoms with Crippen molar-refractivity contribution in [2.45, 2.75) is 12.2 Å². The lowest BCUT2D eigenvalue weighted by Gasteiger charge is -2.48. The van der Waals surface area contributed by atoms with Gasteiger partial charge in [-0.05, 0) is 12.1 Å². The first-order valence-corrected chi connectivity index (χ1v) is 4.43. The molecule has 0 fully saturated rings. The lowest BCUT2D eigenvalue weighted by Crippen LogP contribution is -2.55. The van der Waals surface area contributed by atoms with Gasteiger partial charge in [0.05, 0.1) is 0 Å². The summed E-state index contributed by atoms with van der Waals surface area (Å²) in [6.07, 6.45) is -0.884. The normalized spacial score (nSPS) is 11.2. The first-order chi connectivity index (χ1) is 6.95. The number of amides is 1. The van der Waals surface area contributed by atoms with Crippen LogP contribution in [0.2, 0.25) is 5.02 Å². The molecular weight excluding hydrogens is 222 g/mol. The highest BCUT2D eigenvalue weighted by atomic mass is 35.5. The van der Waals surface area contributed by atoms with Crippen LogP contribution in [0.15, 0.2) is 24.3 Å². The summed E-state index contributed by atoms with van der Waals surface area (Å²) in [5.41, 5.74) is 1.14. The molecule has 0 radical (unpaired) electrons. The highest BCUT2D eigenvalue weighted by Crippen LogP contribution is 2.18. The molecule has 0 bridgehead atoms. The molecule has 0 aromatic heterocycles. The Balaban J connectivity index is 2.85. The molecule has 0 aliphatic carbocycles. The maximum atomic E-state index is 11.4. The van der Waals surface area contributed by atoms with E-state index >= 15 is 0 Å². The topological polar surface area (TPSA) is 95.5 Å². The summed E-state index contributed by atoms with van der Waals surface area (Å²) in [6.45, 7) is 0. The van der Waals surface area contributed by atoms with Crippen molar-refractivity contribution in [3.8, 4) is 0 Å². The summed E-state index contributed by atoms with van der Waals surface area (Å²) in [5, 5.41) is 31.4. The van der Waals surface area contributed by atoms with Crippen LogP contribution in [0.5, 0.6) is 0 Å². The minimum atomic E-state index is -2.82. The summed E-state index contributed by atoms with van der Waals surface area (Å²) in [7, 11) is 0. The van der Waals surface area contributed by atoms with Gasteiger partial charge in [0.15, 0.2) is 0 Å². The minimum absolute atomic E-state index is 0.101. The van der Waals surface area contributed by atoms with Gasteiger partial charge in [-0.2, -0.15) is 5.79 Å². The summed E-state index contributed by atoms with van der Waals surface area (Å²) >= 11 is 5.57. The van der Waals surface area contributed by atoms with E-state index in [1.807, 2.05) is 0 Å². The van der Waals surface area contributed by atoms with E-state index in [9.17, 15) is 15.0 Å². The molecule has 0 unspecified atom stereocenters. The van der Waals surface area contributed by atoms with Gasteiger partial charge >= 0.3 is 0 Å².